The summed E-state index contributed by atoms with van der Waals surface area (Å²) in [5.74, 6) is 1.49. The number of hydrogen-bond acceptors (Lipinski definition) is 4. The molecule has 1 N–H and O–H groups in total. The zero-order valence-electron chi connectivity index (χ0n) is 12.5. The van der Waals surface area contributed by atoms with Crippen molar-refractivity contribution >= 4 is 17.5 Å². The Morgan fingerprint density at radius 2 is 1.59 bits per heavy atom. The van der Waals surface area contributed by atoms with E-state index in [1.807, 2.05) is 66.5 Å². The molecule has 0 saturated heterocycles. The number of rotatable bonds is 5. The summed E-state index contributed by atoms with van der Waals surface area (Å²) in [4.78, 5) is 10.9. The lowest BCUT2D eigenvalue weighted by atomic mass is 10.2. The third kappa shape index (κ3) is 3.41. The van der Waals surface area contributed by atoms with Crippen molar-refractivity contribution in [2.24, 2.45) is 0 Å². The zero-order chi connectivity index (χ0) is 15.2. The first-order valence-corrected chi connectivity index (χ1v) is 7.22. The van der Waals surface area contributed by atoms with Gasteiger partial charge in [0.1, 0.15) is 5.82 Å². The predicted octanol–water partition coefficient (Wildman–Crippen LogP) is 3.86. The molecular formula is C18H18N4. The Hall–Kier alpha value is -2.88. The summed E-state index contributed by atoms with van der Waals surface area (Å²) in [5.41, 5.74) is 2.28. The molecule has 0 aliphatic rings. The number of hydrogen-bond donors (Lipinski definition) is 1. The summed E-state index contributed by atoms with van der Waals surface area (Å²) in [6.45, 7) is 0.742. The van der Waals surface area contributed by atoms with E-state index >= 15 is 0 Å². The van der Waals surface area contributed by atoms with Crippen LogP contribution in [0.3, 0.4) is 0 Å². The van der Waals surface area contributed by atoms with Crippen LogP contribution >= 0.6 is 0 Å². The molecule has 4 heteroatoms. The van der Waals surface area contributed by atoms with Crippen LogP contribution in [0.1, 0.15) is 5.56 Å². The molecule has 0 amide bonds. The second-order valence-electron chi connectivity index (χ2n) is 4.98. The third-order valence-corrected chi connectivity index (χ3v) is 3.40. The van der Waals surface area contributed by atoms with Crippen molar-refractivity contribution in [3.05, 3.63) is 78.5 Å². The molecule has 2 aromatic carbocycles. The van der Waals surface area contributed by atoms with Crippen molar-refractivity contribution < 1.29 is 0 Å². The fourth-order valence-corrected chi connectivity index (χ4v) is 2.16. The minimum Gasteiger partial charge on any atom is -0.366 e. The summed E-state index contributed by atoms with van der Waals surface area (Å²) >= 11 is 0. The van der Waals surface area contributed by atoms with Crippen molar-refractivity contribution in [3.63, 3.8) is 0 Å². The van der Waals surface area contributed by atoms with Crippen LogP contribution in [0.5, 0.6) is 0 Å². The highest BCUT2D eigenvalue weighted by atomic mass is 15.2. The van der Waals surface area contributed by atoms with E-state index in [0.29, 0.717) is 5.95 Å². The molecule has 22 heavy (non-hydrogen) atoms. The van der Waals surface area contributed by atoms with Gasteiger partial charge in [0.15, 0.2) is 0 Å². The molecule has 0 aliphatic carbocycles. The van der Waals surface area contributed by atoms with Crippen LogP contribution in [-0.2, 0) is 6.54 Å². The Morgan fingerprint density at radius 3 is 2.32 bits per heavy atom. The number of para-hydroxylation sites is 1. The van der Waals surface area contributed by atoms with Gasteiger partial charge in [0.2, 0.25) is 5.95 Å². The molecular weight excluding hydrogens is 272 g/mol. The maximum absolute atomic E-state index is 4.57. The van der Waals surface area contributed by atoms with E-state index in [2.05, 4.69) is 27.4 Å². The second kappa shape index (κ2) is 6.72. The molecule has 3 aromatic rings. The summed E-state index contributed by atoms with van der Waals surface area (Å²) in [7, 11) is 1.96. The monoisotopic (exact) mass is 290 g/mol. The Kier molecular flexibility index (Phi) is 4.30. The van der Waals surface area contributed by atoms with Gasteiger partial charge in [-0.15, -0.1) is 0 Å². The zero-order valence-corrected chi connectivity index (χ0v) is 12.5. The van der Waals surface area contributed by atoms with Gasteiger partial charge in [-0.3, -0.25) is 0 Å². The van der Waals surface area contributed by atoms with Crippen molar-refractivity contribution in [2.75, 3.05) is 17.3 Å². The van der Waals surface area contributed by atoms with Crippen LogP contribution in [-0.4, -0.2) is 17.0 Å². The molecule has 110 valence electrons. The molecule has 0 aliphatic heterocycles. The Bertz CT molecular complexity index is 713. The molecule has 1 aromatic heterocycles. The third-order valence-electron chi connectivity index (χ3n) is 3.40. The number of aromatic nitrogens is 2. The van der Waals surface area contributed by atoms with Crippen LogP contribution in [0.25, 0.3) is 0 Å². The Morgan fingerprint density at radius 1 is 0.909 bits per heavy atom. The minimum absolute atomic E-state index is 0.671. The smallest absolute Gasteiger partial charge is 0.231 e. The molecule has 0 bridgehead atoms. The van der Waals surface area contributed by atoms with E-state index < -0.39 is 0 Å². The van der Waals surface area contributed by atoms with Crippen molar-refractivity contribution in [3.8, 4) is 0 Å². The van der Waals surface area contributed by atoms with Crippen LogP contribution in [0, 0.1) is 0 Å². The summed E-state index contributed by atoms with van der Waals surface area (Å²) in [6.07, 6.45) is 1.77. The van der Waals surface area contributed by atoms with Gasteiger partial charge in [0.25, 0.3) is 0 Å². The Labute approximate surface area is 130 Å². The Balaban J connectivity index is 1.72. The maximum atomic E-state index is 4.57. The van der Waals surface area contributed by atoms with Crippen LogP contribution < -0.4 is 10.2 Å². The molecule has 4 nitrogen and oxygen atoms in total. The SMILES string of the molecule is CN(c1ccccc1)c1nccc(NCc2ccccc2)n1. The molecule has 0 spiro atoms. The fraction of sp³-hybridized carbons (Fsp3) is 0.111. The molecule has 3 rings (SSSR count). The van der Waals surface area contributed by atoms with Crippen molar-refractivity contribution in [2.45, 2.75) is 6.54 Å². The van der Waals surface area contributed by atoms with Crippen LogP contribution in [0.4, 0.5) is 17.5 Å². The largest absolute Gasteiger partial charge is 0.366 e. The maximum Gasteiger partial charge on any atom is 0.231 e. The summed E-state index contributed by atoms with van der Waals surface area (Å²) in [5, 5.41) is 3.33. The van der Waals surface area contributed by atoms with Crippen LogP contribution in [0.15, 0.2) is 72.9 Å². The van der Waals surface area contributed by atoms with Crippen molar-refractivity contribution in [1.82, 2.24) is 9.97 Å². The van der Waals surface area contributed by atoms with E-state index in [-0.39, 0.29) is 0 Å². The second-order valence-corrected chi connectivity index (χ2v) is 4.98. The van der Waals surface area contributed by atoms with E-state index in [0.717, 1.165) is 18.1 Å². The normalized spacial score (nSPS) is 10.2. The first-order valence-electron chi connectivity index (χ1n) is 7.22. The molecule has 0 radical (unpaired) electrons. The van der Waals surface area contributed by atoms with Gasteiger partial charge in [0.05, 0.1) is 0 Å². The molecule has 0 saturated carbocycles. The average Bonchev–Trinajstić information content (AvgIpc) is 2.61. The molecule has 0 atom stereocenters. The highest BCUT2D eigenvalue weighted by Gasteiger charge is 2.07. The van der Waals surface area contributed by atoms with Gasteiger partial charge in [-0.25, -0.2) is 4.98 Å². The summed E-state index contributed by atoms with van der Waals surface area (Å²) < 4.78 is 0. The number of benzene rings is 2. The predicted molar refractivity (Wildman–Crippen MR) is 90.3 cm³/mol. The topological polar surface area (TPSA) is 41.1 Å². The van der Waals surface area contributed by atoms with E-state index in [9.17, 15) is 0 Å². The summed E-state index contributed by atoms with van der Waals surface area (Å²) in [6, 6.07) is 22.2. The molecule has 1 heterocycles. The van der Waals surface area contributed by atoms with Gasteiger partial charge < -0.3 is 10.2 Å². The minimum atomic E-state index is 0.671. The first-order chi connectivity index (χ1) is 10.8. The lowest BCUT2D eigenvalue weighted by Gasteiger charge is -2.17. The van der Waals surface area contributed by atoms with E-state index in [4.69, 9.17) is 0 Å². The van der Waals surface area contributed by atoms with Crippen LogP contribution in [0.2, 0.25) is 0 Å². The molecule has 0 unspecified atom stereocenters. The first kappa shape index (κ1) is 14.1. The highest BCUT2D eigenvalue weighted by molar-refractivity contribution is 5.57. The van der Waals surface area contributed by atoms with E-state index in [1.165, 1.54) is 5.56 Å². The van der Waals surface area contributed by atoms with Crippen molar-refractivity contribution in [1.29, 1.82) is 0 Å². The number of nitrogens with one attached hydrogen (secondary N) is 1. The standard InChI is InChI=1S/C18H18N4/c1-22(16-10-6-3-7-11-16)18-19-13-12-17(21-18)20-14-15-8-4-2-5-9-15/h2-13H,14H2,1H3,(H,19,20,21). The van der Waals surface area contributed by atoms with E-state index in [1.54, 1.807) is 6.20 Å². The van der Waals surface area contributed by atoms with Gasteiger partial charge in [0, 0.05) is 25.5 Å². The highest BCUT2D eigenvalue weighted by Crippen LogP contribution is 2.20. The lowest BCUT2D eigenvalue weighted by Crippen LogP contribution is -2.13. The van der Waals surface area contributed by atoms with Gasteiger partial charge in [-0.05, 0) is 23.8 Å². The fourth-order valence-electron chi connectivity index (χ4n) is 2.16. The lowest BCUT2D eigenvalue weighted by molar-refractivity contribution is 1.02. The average molecular weight is 290 g/mol. The quantitative estimate of drug-likeness (QED) is 0.774. The number of anilines is 3. The van der Waals surface area contributed by atoms with Gasteiger partial charge in [-0.1, -0.05) is 48.5 Å². The number of nitrogens with zero attached hydrogens (tertiary/aromatic N) is 3. The molecule has 0 fully saturated rings. The van der Waals surface area contributed by atoms with Gasteiger partial charge >= 0.3 is 0 Å². The van der Waals surface area contributed by atoms with Gasteiger partial charge in [-0.2, -0.15) is 4.98 Å².